The van der Waals surface area contributed by atoms with Gasteiger partial charge in [-0.05, 0) is 43.7 Å². The minimum absolute atomic E-state index is 0.0390. The molecule has 0 aliphatic heterocycles. The van der Waals surface area contributed by atoms with E-state index in [4.69, 9.17) is 5.73 Å². The van der Waals surface area contributed by atoms with Crippen molar-refractivity contribution in [3.8, 4) is 5.75 Å². The van der Waals surface area contributed by atoms with Gasteiger partial charge in [-0.15, -0.1) is 0 Å². The van der Waals surface area contributed by atoms with E-state index in [9.17, 15) is 39.6 Å². The number of phenolic OH excluding ortho intramolecular Hbond substituents is 1. The number of allylic oxidation sites excluding steroid dienone is 2. The molecule has 0 radical (unpaired) electrons. The minimum atomic E-state index is -2.64. The van der Waals surface area contributed by atoms with E-state index >= 15 is 0 Å². The number of aromatic hydroxyl groups is 1. The number of carbonyl (C=O) groups excluding carboxylic acids is 4. The Hall–Kier alpha value is -3.86. The van der Waals surface area contributed by atoms with E-state index in [1.165, 1.54) is 0 Å². The normalized spacial score (nSPS) is 24.6. The second-order valence-corrected chi connectivity index (χ2v) is 10.3. The lowest BCUT2D eigenvalue weighted by Gasteiger charge is -2.46. The summed E-state index contributed by atoms with van der Waals surface area (Å²) in [4.78, 5) is 55.4. The summed E-state index contributed by atoms with van der Waals surface area (Å²) in [5.74, 6) is -7.50. The molecule has 11 nitrogen and oxygen atoms in total. The first kappa shape index (κ1) is 27.2. The van der Waals surface area contributed by atoms with Gasteiger partial charge < -0.3 is 36.0 Å². The van der Waals surface area contributed by atoms with Crippen molar-refractivity contribution in [2.24, 2.45) is 17.6 Å². The van der Waals surface area contributed by atoms with Gasteiger partial charge in [0.1, 0.15) is 22.8 Å². The van der Waals surface area contributed by atoms with Crippen molar-refractivity contribution in [1.29, 1.82) is 0 Å². The number of phenols is 1. The molecule has 38 heavy (non-hydrogen) atoms. The standard InChI is InChI=1S/C27H33N3O8/c1-5-7-30(6-2)26(37)15-11-16(29(3)4)14-9-12-8-13-10-17(31)20(25(28)36)24(35)27(13,38)23(34)18(12)22(33)19(14)21(15)32/h11-13,31-32,34,38H,5-10H2,1-4H3,(H2,28,36)/t12-,13+,27+/m1/s1. The molecule has 3 atom stereocenters. The number of rotatable bonds is 6. The maximum atomic E-state index is 13.9. The Labute approximate surface area is 219 Å². The summed E-state index contributed by atoms with van der Waals surface area (Å²) in [6.07, 6.45) is 0.602. The van der Waals surface area contributed by atoms with E-state index in [1.807, 2.05) is 6.92 Å². The number of hydrogen-bond acceptors (Lipinski definition) is 9. The van der Waals surface area contributed by atoms with Gasteiger partial charge in [0.2, 0.25) is 5.78 Å². The third-order valence-electron chi connectivity index (χ3n) is 7.91. The number of Topliss-reactive ketones (excluding diaryl/α,β-unsaturated/α-hetero) is 2. The molecule has 204 valence electrons. The van der Waals surface area contributed by atoms with E-state index in [2.05, 4.69) is 0 Å². The van der Waals surface area contributed by atoms with Gasteiger partial charge in [-0.3, -0.25) is 19.2 Å². The highest BCUT2D eigenvalue weighted by Gasteiger charge is 2.59. The highest BCUT2D eigenvalue weighted by molar-refractivity contribution is 6.24. The smallest absolute Gasteiger partial charge is 0.257 e. The van der Waals surface area contributed by atoms with Crippen LogP contribution in [0.1, 0.15) is 59.4 Å². The van der Waals surface area contributed by atoms with Crippen LogP contribution in [0.15, 0.2) is 28.7 Å². The maximum absolute atomic E-state index is 13.9. The average Bonchev–Trinajstić information content (AvgIpc) is 2.84. The number of nitrogens with zero attached hydrogens (tertiary/aromatic N) is 2. The second kappa shape index (κ2) is 9.46. The summed E-state index contributed by atoms with van der Waals surface area (Å²) in [6, 6.07) is 1.55. The lowest BCUT2D eigenvalue weighted by molar-refractivity contribution is -0.144. The Morgan fingerprint density at radius 1 is 1.13 bits per heavy atom. The van der Waals surface area contributed by atoms with Gasteiger partial charge in [0.05, 0.1) is 11.1 Å². The van der Waals surface area contributed by atoms with E-state index in [0.29, 0.717) is 30.8 Å². The Balaban J connectivity index is 1.92. The van der Waals surface area contributed by atoms with Crippen LogP contribution < -0.4 is 10.6 Å². The zero-order valence-corrected chi connectivity index (χ0v) is 21.9. The molecular weight excluding hydrogens is 494 g/mol. The van der Waals surface area contributed by atoms with Crippen molar-refractivity contribution in [2.45, 2.75) is 45.1 Å². The van der Waals surface area contributed by atoms with Gasteiger partial charge >= 0.3 is 0 Å². The van der Waals surface area contributed by atoms with Crippen molar-refractivity contribution < 1.29 is 39.6 Å². The van der Waals surface area contributed by atoms with Crippen LogP contribution in [0.4, 0.5) is 5.69 Å². The number of hydrogen-bond donors (Lipinski definition) is 5. The number of carbonyl (C=O) groups is 4. The number of ketones is 2. The number of primary amides is 1. The first-order valence-corrected chi connectivity index (χ1v) is 12.6. The molecular formula is C27H33N3O8. The SMILES string of the molecule is CCCN(CC)C(=O)c1cc(N(C)C)c2c(c1O)C(=O)C1=C(O)[C@]3(O)C(=O)C(C(N)=O)=C(O)C[C@@H]3C[C@@H]1C2. The van der Waals surface area contributed by atoms with Crippen molar-refractivity contribution >= 4 is 29.1 Å². The zero-order valence-electron chi connectivity index (χ0n) is 21.9. The molecule has 6 N–H and O–H groups in total. The fraction of sp³-hybridized carbons (Fsp3) is 0.481. The topological polar surface area (TPSA) is 182 Å². The maximum Gasteiger partial charge on any atom is 0.257 e. The number of amides is 2. The molecule has 0 unspecified atom stereocenters. The van der Waals surface area contributed by atoms with Gasteiger partial charge in [0, 0.05) is 50.8 Å². The van der Waals surface area contributed by atoms with Crippen LogP contribution in [0.25, 0.3) is 0 Å². The fourth-order valence-corrected chi connectivity index (χ4v) is 6.07. The molecule has 4 rings (SSSR count). The lowest BCUT2D eigenvalue weighted by Crippen LogP contribution is -2.57. The number of anilines is 1. The Kier molecular flexibility index (Phi) is 6.77. The fourth-order valence-electron chi connectivity index (χ4n) is 6.07. The highest BCUT2D eigenvalue weighted by atomic mass is 16.3. The predicted octanol–water partition coefficient (Wildman–Crippen LogP) is 1.52. The summed E-state index contributed by atoms with van der Waals surface area (Å²) in [5.41, 5.74) is 2.28. The van der Waals surface area contributed by atoms with E-state index in [-0.39, 0.29) is 36.0 Å². The minimum Gasteiger partial charge on any atom is -0.511 e. The molecule has 0 aromatic heterocycles. The third-order valence-corrected chi connectivity index (χ3v) is 7.91. The van der Waals surface area contributed by atoms with E-state index < -0.39 is 63.7 Å². The average molecular weight is 528 g/mol. The first-order valence-electron chi connectivity index (χ1n) is 12.6. The number of fused-ring (bicyclic) bond motifs is 3. The molecule has 0 bridgehead atoms. The van der Waals surface area contributed by atoms with Crippen LogP contribution in [0.3, 0.4) is 0 Å². The number of aliphatic hydroxyl groups is 3. The van der Waals surface area contributed by atoms with Crippen LogP contribution in [0.5, 0.6) is 5.75 Å². The highest BCUT2D eigenvalue weighted by Crippen LogP contribution is 2.52. The van der Waals surface area contributed by atoms with Crippen molar-refractivity contribution in [3.63, 3.8) is 0 Å². The summed E-state index contributed by atoms with van der Waals surface area (Å²) in [6.45, 7) is 4.56. The number of benzene rings is 1. The molecule has 2 amide bonds. The van der Waals surface area contributed by atoms with Gasteiger partial charge in [-0.25, -0.2) is 0 Å². The van der Waals surface area contributed by atoms with Crippen molar-refractivity contribution in [3.05, 3.63) is 45.4 Å². The van der Waals surface area contributed by atoms with Crippen LogP contribution in [0, 0.1) is 11.8 Å². The molecule has 3 aliphatic rings. The number of aliphatic hydroxyl groups excluding tert-OH is 2. The van der Waals surface area contributed by atoms with Crippen molar-refractivity contribution in [2.75, 3.05) is 32.1 Å². The van der Waals surface area contributed by atoms with Gasteiger partial charge in [0.15, 0.2) is 11.4 Å². The summed E-state index contributed by atoms with van der Waals surface area (Å²) < 4.78 is 0. The Morgan fingerprint density at radius 2 is 1.79 bits per heavy atom. The summed E-state index contributed by atoms with van der Waals surface area (Å²) in [5, 5.41) is 44.2. The third kappa shape index (κ3) is 3.75. The molecule has 0 heterocycles. The molecule has 0 saturated heterocycles. The predicted molar refractivity (Wildman–Crippen MR) is 137 cm³/mol. The van der Waals surface area contributed by atoms with Gasteiger partial charge in [-0.1, -0.05) is 6.92 Å². The van der Waals surface area contributed by atoms with Crippen molar-refractivity contribution in [1.82, 2.24) is 4.90 Å². The van der Waals surface area contributed by atoms with Gasteiger partial charge in [-0.2, -0.15) is 0 Å². The molecule has 11 heteroatoms. The van der Waals surface area contributed by atoms with Gasteiger partial charge in [0.25, 0.3) is 11.8 Å². The van der Waals surface area contributed by atoms with E-state index in [0.717, 1.165) is 0 Å². The largest absolute Gasteiger partial charge is 0.511 e. The molecule has 0 saturated carbocycles. The Morgan fingerprint density at radius 3 is 2.34 bits per heavy atom. The second-order valence-electron chi connectivity index (χ2n) is 10.3. The van der Waals surface area contributed by atoms with Crippen LogP contribution >= 0.6 is 0 Å². The number of nitrogens with two attached hydrogens (primary N) is 1. The molecule has 1 aromatic rings. The monoisotopic (exact) mass is 527 g/mol. The molecule has 0 fully saturated rings. The quantitative estimate of drug-likeness (QED) is 0.343. The molecule has 1 aromatic carbocycles. The van der Waals surface area contributed by atoms with Crippen LogP contribution in [0.2, 0.25) is 0 Å². The lowest BCUT2D eigenvalue weighted by atomic mass is 9.60. The van der Waals surface area contributed by atoms with Crippen LogP contribution in [-0.2, 0) is 16.0 Å². The molecule has 3 aliphatic carbocycles. The molecule has 0 spiro atoms. The summed E-state index contributed by atoms with van der Waals surface area (Å²) >= 11 is 0. The Bertz CT molecular complexity index is 1330. The van der Waals surface area contributed by atoms with E-state index in [1.54, 1.807) is 36.9 Å². The first-order chi connectivity index (χ1) is 17.8. The zero-order chi connectivity index (χ0) is 28.3. The van der Waals surface area contributed by atoms with Crippen LogP contribution in [-0.4, -0.2) is 81.5 Å². The summed E-state index contributed by atoms with van der Waals surface area (Å²) in [7, 11) is 3.48.